The molecule has 1 N–H and O–H groups in total. The van der Waals surface area contributed by atoms with Crippen LogP contribution in [0.3, 0.4) is 0 Å². The van der Waals surface area contributed by atoms with Gasteiger partial charge in [-0.1, -0.05) is 85.6 Å². The Morgan fingerprint density at radius 2 is 1.71 bits per heavy atom. The van der Waals surface area contributed by atoms with Gasteiger partial charge in [0.05, 0.1) is 11.6 Å². The van der Waals surface area contributed by atoms with E-state index in [0.29, 0.717) is 0 Å². The Labute approximate surface area is 156 Å². The van der Waals surface area contributed by atoms with E-state index in [9.17, 15) is 0 Å². The molecule has 0 spiro atoms. The molecule has 4 heteroatoms. The third-order valence-corrected chi connectivity index (χ3v) is 6.28. The highest BCUT2D eigenvalue weighted by Gasteiger charge is 1.97. The molecule has 0 fully saturated rings. The summed E-state index contributed by atoms with van der Waals surface area (Å²) in [5, 5.41) is 12.4. The first-order valence-electron chi connectivity index (χ1n) is 9.31. The Kier molecular flexibility index (Phi) is 14.2. The van der Waals surface area contributed by atoms with Gasteiger partial charge in [0, 0.05) is 18.1 Å². The second-order valence-electron chi connectivity index (χ2n) is 6.12. The summed E-state index contributed by atoms with van der Waals surface area (Å²) in [6.45, 7) is 4.52. The van der Waals surface area contributed by atoms with Crippen LogP contribution in [0.1, 0.15) is 69.4 Å². The van der Waals surface area contributed by atoms with Crippen LogP contribution in [0, 0.1) is 11.3 Å². The molecule has 1 aromatic carbocycles. The van der Waals surface area contributed by atoms with Crippen molar-refractivity contribution >= 4 is 21.6 Å². The van der Waals surface area contributed by atoms with Crippen LogP contribution in [0.25, 0.3) is 0 Å². The number of nitrogens with zero attached hydrogens (tertiary/aromatic N) is 1. The second-order valence-corrected chi connectivity index (χ2v) is 8.70. The van der Waals surface area contributed by atoms with Gasteiger partial charge < -0.3 is 5.32 Å². The van der Waals surface area contributed by atoms with E-state index in [4.69, 9.17) is 5.26 Å². The van der Waals surface area contributed by atoms with E-state index in [-0.39, 0.29) is 0 Å². The summed E-state index contributed by atoms with van der Waals surface area (Å²) in [4.78, 5) is 0. The Morgan fingerprint density at radius 3 is 2.46 bits per heavy atom. The van der Waals surface area contributed by atoms with Gasteiger partial charge in [0.25, 0.3) is 0 Å². The van der Waals surface area contributed by atoms with Gasteiger partial charge in [0.1, 0.15) is 0 Å². The van der Waals surface area contributed by atoms with Gasteiger partial charge in [-0.15, -0.1) is 0 Å². The van der Waals surface area contributed by atoms with E-state index in [1.807, 2.05) is 39.8 Å². The molecule has 134 valence electrons. The minimum absolute atomic E-state index is 0.755. The first kappa shape index (κ1) is 21.4. The van der Waals surface area contributed by atoms with Crippen molar-refractivity contribution in [2.45, 2.75) is 64.0 Å². The lowest BCUT2D eigenvalue weighted by atomic mass is 10.1. The number of nitriles is 1. The number of rotatable bonds is 15. The van der Waals surface area contributed by atoms with Gasteiger partial charge in [-0.2, -0.15) is 5.26 Å². The highest BCUT2D eigenvalue weighted by molar-refractivity contribution is 8.76. The zero-order valence-electron chi connectivity index (χ0n) is 15.1. The van der Waals surface area contributed by atoms with E-state index in [2.05, 4.69) is 24.4 Å². The Balaban J connectivity index is 1.83. The van der Waals surface area contributed by atoms with Crippen molar-refractivity contribution in [1.29, 1.82) is 5.26 Å². The number of hydrogen-bond acceptors (Lipinski definition) is 4. The van der Waals surface area contributed by atoms with Crippen molar-refractivity contribution in [3.05, 3.63) is 35.4 Å². The Morgan fingerprint density at radius 1 is 0.958 bits per heavy atom. The minimum Gasteiger partial charge on any atom is -0.316 e. The van der Waals surface area contributed by atoms with Gasteiger partial charge in [0.2, 0.25) is 0 Å². The summed E-state index contributed by atoms with van der Waals surface area (Å²) in [6.07, 6.45) is 11.1. The molecule has 24 heavy (non-hydrogen) atoms. The van der Waals surface area contributed by atoms with Crippen molar-refractivity contribution in [2.75, 3.05) is 18.8 Å². The second kappa shape index (κ2) is 15.9. The van der Waals surface area contributed by atoms with Gasteiger partial charge in [-0.25, -0.2) is 0 Å². The molecule has 2 nitrogen and oxygen atoms in total. The van der Waals surface area contributed by atoms with Crippen LogP contribution in [0.4, 0.5) is 0 Å². The predicted molar refractivity (Wildman–Crippen MR) is 110 cm³/mol. The number of benzene rings is 1. The average molecular weight is 365 g/mol. The monoisotopic (exact) mass is 364 g/mol. The summed E-state index contributed by atoms with van der Waals surface area (Å²) >= 11 is 0. The van der Waals surface area contributed by atoms with Crippen molar-refractivity contribution in [3.8, 4) is 6.07 Å². The zero-order valence-corrected chi connectivity index (χ0v) is 16.7. The Hall–Kier alpha value is -0.630. The van der Waals surface area contributed by atoms with Crippen molar-refractivity contribution in [2.24, 2.45) is 0 Å². The molecular weight excluding hydrogens is 332 g/mol. The fourth-order valence-electron chi connectivity index (χ4n) is 2.52. The van der Waals surface area contributed by atoms with Crippen molar-refractivity contribution < 1.29 is 0 Å². The van der Waals surface area contributed by atoms with Gasteiger partial charge in [-0.3, -0.25) is 0 Å². The number of hydrogen-bond donors (Lipinski definition) is 1. The fourth-order valence-corrected chi connectivity index (χ4v) is 4.53. The molecule has 0 amide bonds. The standard InChI is InChI=1S/C20H32N2S2/c1-2-3-4-5-6-7-8-9-13-22-14-15-23-24-18-20-12-10-11-19(16-20)17-21/h10-12,16,22H,2-9,13-15,18H2,1H3. The molecule has 0 atom stereocenters. The molecule has 0 aliphatic carbocycles. The molecule has 0 saturated carbocycles. The zero-order chi connectivity index (χ0) is 17.3. The predicted octanol–water partition coefficient (Wildman–Crippen LogP) is 6.17. The van der Waals surface area contributed by atoms with Crippen LogP contribution in [-0.2, 0) is 5.75 Å². The largest absolute Gasteiger partial charge is 0.316 e. The molecule has 1 rings (SSSR count). The van der Waals surface area contributed by atoms with Gasteiger partial charge in [0.15, 0.2) is 0 Å². The van der Waals surface area contributed by atoms with E-state index in [0.717, 1.165) is 30.2 Å². The molecule has 0 aliphatic heterocycles. The highest BCUT2D eigenvalue weighted by atomic mass is 33.1. The SMILES string of the molecule is CCCCCCCCCCNCCSSCc1cccc(C#N)c1. The summed E-state index contributed by atoms with van der Waals surface area (Å²) in [5.41, 5.74) is 1.99. The van der Waals surface area contributed by atoms with Crippen LogP contribution in [-0.4, -0.2) is 18.8 Å². The quantitative estimate of drug-likeness (QED) is 0.298. The van der Waals surface area contributed by atoms with Crippen molar-refractivity contribution in [1.82, 2.24) is 5.32 Å². The third kappa shape index (κ3) is 11.8. The Bertz CT molecular complexity index is 457. The lowest BCUT2D eigenvalue weighted by Crippen LogP contribution is -2.18. The van der Waals surface area contributed by atoms with Crippen LogP contribution < -0.4 is 5.32 Å². The summed E-state index contributed by atoms with van der Waals surface area (Å²) < 4.78 is 0. The van der Waals surface area contributed by atoms with E-state index >= 15 is 0 Å². The van der Waals surface area contributed by atoms with Gasteiger partial charge in [-0.05, 0) is 30.7 Å². The molecule has 0 bridgehead atoms. The first-order chi connectivity index (χ1) is 11.9. The lowest BCUT2D eigenvalue weighted by molar-refractivity contribution is 0.560. The lowest BCUT2D eigenvalue weighted by Gasteiger charge is -2.05. The summed E-state index contributed by atoms with van der Waals surface area (Å²) in [7, 11) is 3.79. The number of unbranched alkanes of at least 4 members (excludes halogenated alkanes) is 7. The molecular formula is C20H32N2S2. The highest BCUT2D eigenvalue weighted by Crippen LogP contribution is 2.25. The molecule has 0 aromatic heterocycles. The molecule has 0 saturated heterocycles. The van der Waals surface area contributed by atoms with Crippen molar-refractivity contribution in [3.63, 3.8) is 0 Å². The van der Waals surface area contributed by atoms with E-state index in [1.54, 1.807) is 0 Å². The smallest absolute Gasteiger partial charge is 0.0991 e. The first-order valence-corrected chi connectivity index (χ1v) is 11.8. The van der Waals surface area contributed by atoms with Crippen LogP contribution in [0.15, 0.2) is 24.3 Å². The maximum absolute atomic E-state index is 8.89. The maximum atomic E-state index is 8.89. The van der Waals surface area contributed by atoms with Gasteiger partial charge >= 0.3 is 0 Å². The average Bonchev–Trinajstić information content (AvgIpc) is 2.62. The van der Waals surface area contributed by atoms with Crippen LogP contribution in [0.2, 0.25) is 0 Å². The summed E-state index contributed by atoms with van der Waals surface area (Å²) in [6, 6.07) is 10.1. The maximum Gasteiger partial charge on any atom is 0.0991 e. The fraction of sp³-hybridized carbons (Fsp3) is 0.650. The van der Waals surface area contributed by atoms with E-state index in [1.165, 1.54) is 56.9 Å². The molecule has 0 unspecified atom stereocenters. The van der Waals surface area contributed by atoms with Crippen LogP contribution >= 0.6 is 21.6 Å². The normalized spacial score (nSPS) is 10.7. The third-order valence-electron chi connectivity index (χ3n) is 3.93. The summed E-state index contributed by atoms with van der Waals surface area (Å²) in [5.74, 6) is 2.11. The molecule has 1 aromatic rings. The molecule has 0 aliphatic rings. The minimum atomic E-state index is 0.755. The number of nitrogens with one attached hydrogen (secondary N) is 1. The topological polar surface area (TPSA) is 35.8 Å². The van der Waals surface area contributed by atoms with E-state index < -0.39 is 0 Å². The van der Waals surface area contributed by atoms with Crippen LogP contribution in [0.5, 0.6) is 0 Å². The molecule has 0 heterocycles. The molecule has 0 radical (unpaired) electrons.